The predicted octanol–water partition coefficient (Wildman–Crippen LogP) is 1.16. The fraction of sp³-hybridized carbons (Fsp3) is 0.462. The van der Waals surface area contributed by atoms with E-state index in [-0.39, 0.29) is 17.5 Å². The summed E-state index contributed by atoms with van der Waals surface area (Å²) in [7, 11) is -2.68. The van der Waals surface area contributed by atoms with Crippen LogP contribution in [0, 0.1) is 0 Å². The summed E-state index contributed by atoms with van der Waals surface area (Å²) in [4.78, 5) is 11.8. The molecule has 2 N–H and O–H groups in total. The quantitative estimate of drug-likeness (QED) is 0.790. The van der Waals surface area contributed by atoms with Gasteiger partial charge in [-0.1, -0.05) is 12.1 Å². The highest BCUT2D eigenvalue weighted by atomic mass is 32.2. The third-order valence-corrected chi connectivity index (χ3v) is 4.20. The number of rotatable bonds is 7. The van der Waals surface area contributed by atoms with Crippen molar-refractivity contribution in [1.29, 1.82) is 0 Å². The van der Waals surface area contributed by atoms with E-state index in [2.05, 4.69) is 10.6 Å². The van der Waals surface area contributed by atoms with Crippen LogP contribution in [0.2, 0.25) is 0 Å². The van der Waals surface area contributed by atoms with Crippen molar-refractivity contribution in [3.8, 4) is 0 Å². The van der Waals surface area contributed by atoms with E-state index in [4.69, 9.17) is 0 Å². The number of carbonyl (C=O) groups excluding carboxylic acids is 1. The minimum atomic E-state index is -4.45. The van der Waals surface area contributed by atoms with Gasteiger partial charge in [-0.15, -0.1) is 0 Å². The molecule has 1 unspecified atom stereocenters. The van der Waals surface area contributed by atoms with Gasteiger partial charge in [0.05, 0.1) is 5.75 Å². The second-order valence-electron chi connectivity index (χ2n) is 4.66. The van der Waals surface area contributed by atoms with Crippen molar-refractivity contribution in [2.45, 2.75) is 24.5 Å². The Bertz CT molecular complexity index is 574. The van der Waals surface area contributed by atoms with Crippen LogP contribution < -0.4 is 10.6 Å². The molecule has 0 saturated heterocycles. The van der Waals surface area contributed by atoms with Gasteiger partial charge < -0.3 is 10.6 Å². The number of benzene rings is 1. The SMILES string of the molecule is CNC(C)CNC(=O)c1ccc(CS(=O)(=O)C(F)F)cc1. The molecule has 8 heteroatoms. The predicted molar refractivity (Wildman–Crippen MR) is 75.9 cm³/mol. The second kappa shape index (κ2) is 7.46. The number of amides is 1. The van der Waals surface area contributed by atoms with Crippen LogP contribution in [0.15, 0.2) is 24.3 Å². The summed E-state index contributed by atoms with van der Waals surface area (Å²) in [6.45, 7) is 2.34. The molecule has 1 atom stereocenters. The smallest absolute Gasteiger partial charge is 0.337 e. The van der Waals surface area contributed by atoms with Crippen LogP contribution in [0.4, 0.5) is 8.78 Å². The molecule has 0 fully saturated rings. The molecule has 1 rings (SSSR count). The Hall–Kier alpha value is -1.54. The Balaban J connectivity index is 2.68. The van der Waals surface area contributed by atoms with Crippen LogP contribution in [-0.4, -0.2) is 39.7 Å². The van der Waals surface area contributed by atoms with E-state index >= 15 is 0 Å². The number of nitrogens with one attached hydrogen (secondary N) is 2. The normalized spacial score (nSPS) is 13.2. The molecule has 0 aliphatic rings. The van der Waals surface area contributed by atoms with Gasteiger partial charge >= 0.3 is 5.76 Å². The van der Waals surface area contributed by atoms with Crippen LogP contribution in [0.1, 0.15) is 22.8 Å². The lowest BCUT2D eigenvalue weighted by Gasteiger charge is -2.11. The Morgan fingerprint density at radius 1 is 1.24 bits per heavy atom. The molecule has 0 aliphatic heterocycles. The first kappa shape index (κ1) is 17.5. The number of alkyl halides is 2. The molecular formula is C13H18F2N2O3S. The molecule has 0 aliphatic carbocycles. The zero-order valence-electron chi connectivity index (χ0n) is 11.8. The average Bonchev–Trinajstić information content (AvgIpc) is 2.44. The van der Waals surface area contributed by atoms with E-state index in [1.165, 1.54) is 24.3 Å². The molecule has 0 heterocycles. The van der Waals surface area contributed by atoms with Crippen molar-refractivity contribution < 1.29 is 22.0 Å². The molecule has 1 aromatic carbocycles. The van der Waals surface area contributed by atoms with E-state index in [0.717, 1.165) is 0 Å². The summed E-state index contributed by atoms with van der Waals surface area (Å²) in [5.74, 6) is -4.45. The van der Waals surface area contributed by atoms with Crippen molar-refractivity contribution in [2.24, 2.45) is 0 Å². The zero-order chi connectivity index (χ0) is 16.0. The van der Waals surface area contributed by atoms with Gasteiger partial charge in [-0.2, -0.15) is 8.78 Å². The van der Waals surface area contributed by atoms with Gasteiger partial charge in [0.15, 0.2) is 0 Å². The molecule has 0 radical (unpaired) electrons. The van der Waals surface area contributed by atoms with E-state index in [0.29, 0.717) is 12.1 Å². The molecule has 118 valence electrons. The summed E-state index contributed by atoms with van der Waals surface area (Å²) >= 11 is 0. The fourth-order valence-corrected chi connectivity index (χ4v) is 2.28. The maximum atomic E-state index is 12.3. The third-order valence-electron chi connectivity index (χ3n) is 2.92. The lowest BCUT2D eigenvalue weighted by atomic mass is 10.1. The standard InChI is InChI=1S/C13H18F2N2O3S/c1-9(16-2)7-17-12(18)11-5-3-10(4-6-11)8-21(19,20)13(14)15/h3-6,9,13,16H,7-8H2,1-2H3,(H,17,18). The zero-order valence-corrected chi connectivity index (χ0v) is 12.6. The number of hydrogen-bond acceptors (Lipinski definition) is 4. The van der Waals surface area contributed by atoms with E-state index < -0.39 is 21.3 Å². The Kier molecular flexibility index (Phi) is 6.22. The average molecular weight is 320 g/mol. The van der Waals surface area contributed by atoms with Crippen molar-refractivity contribution >= 4 is 15.7 Å². The summed E-state index contributed by atoms with van der Waals surface area (Å²) in [5.41, 5.74) is 0.562. The Labute approximate surface area is 122 Å². The minimum Gasteiger partial charge on any atom is -0.350 e. The maximum absolute atomic E-state index is 12.3. The van der Waals surface area contributed by atoms with E-state index in [9.17, 15) is 22.0 Å². The molecule has 0 saturated carbocycles. The lowest BCUT2D eigenvalue weighted by Crippen LogP contribution is -2.37. The van der Waals surface area contributed by atoms with Gasteiger partial charge in [0.1, 0.15) is 0 Å². The number of carbonyl (C=O) groups is 1. The highest BCUT2D eigenvalue weighted by Gasteiger charge is 2.24. The lowest BCUT2D eigenvalue weighted by molar-refractivity contribution is 0.0950. The molecule has 21 heavy (non-hydrogen) atoms. The highest BCUT2D eigenvalue weighted by Crippen LogP contribution is 2.14. The monoisotopic (exact) mass is 320 g/mol. The Morgan fingerprint density at radius 3 is 2.29 bits per heavy atom. The summed E-state index contributed by atoms with van der Waals surface area (Å²) in [6.07, 6.45) is 0. The highest BCUT2D eigenvalue weighted by molar-refractivity contribution is 7.90. The van der Waals surface area contributed by atoms with Crippen molar-refractivity contribution in [2.75, 3.05) is 13.6 Å². The fourth-order valence-electron chi connectivity index (χ4n) is 1.50. The maximum Gasteiger partial charge on any atom is 0.337 e. The molecule has 0 bridgehead atoms. The Morgan fingerprint density at radius 2 is 1.81 bits per heavy atom. The summed E-state index contributed by atoms with van der Waals surface area (Å²) < 4.78 is 46.7. The van der Waals surface area contributed by atoms with Gasteiger partial charge in [-0.05, 0) is 31.7 Å². The van der Waals surface area contributed by atoms with Crippen LogP contribution >= 0.6 is 0 Å². The summed E-state index contributed by atoms with van der Waals surface area (Å²) in [6, 6.07) is 5.65. The van der Waals surface area contributed by atoms with Crippen molar-refractivity contribution in [1.82, 2.24) is 10.6 Å². The van der Waals surface area contributed by atoms with E-state index in [1.54, 1.807) is 7.05 Å². The van der Waals surface area contributed by atoms with Crippen molar-refractivity contribution in [3.05, 3.63) is 35.4 Å². The van der Waals surface area contributed by atoms with E-state index in [1.807, 2.05) is 6.92 Å². The van der Waals surface area contributed by atoms with Crippen LogP contribution in [0.5, 0.6) is 0 Å². The topological polar surface area (TPSA) is 75.3 Å². The largest absolute Gasteiger partial charge is 0.350 e. The van der Waals surface area contributed by atoms with Crippen LogP contribution in [0.3, 0.4) is 0 Å². The van der Waals surface area contributed by atoms with Gasteiger partial charge in [0, 0.05) is 18.2 Å². The minimum absolute atomic E-state index is 0.115. The van der Waals surface area contributed by atoms with Gasteiger partial charge in [-0.3, -0.25) is 4.79 Å². The summed E-state index contributed by atoms with van der Waals surface area (Å²) in [5, 5.41) is 5.66. The molecule has 1 amide bonds. The van der Waals surface area contributed by atoms with Crippen molar-refractivity contribution in [3.63, 3.8) is 0 Å². The number of halogens is 2. The first-order chi connectivity index (χ1) is 9.76. The second-order valence-corrected chi connectivity index (χ2v) is 6.64. The molecule has 5 nitrogen and oxygen atoms in total. The number of likely N-dealkylation sites (N-methyl/N-ethyl adjacent to an activating group) is 1. The number of sulfone groups is 1. The molecule has 0 aromatic heterocycles. The first-order valence-corrected chi connectivity index (χ1v) is 8.02. The number of hydrogen-bond donors (Lipinski definition) is 2. The van der Waals surface area contributed by atoms with Crippen LogP contribution in [0.25, 0.3) is 0 Å². The molecule has 1 aromatic rings. The third kappa shape index (κ3) is 5.39. The first-order valence-electron chi connectivity index (χ1n) is 6.30. The van der Waals surface area contributed by atoms with Gasteiger partial charge in [0.2, 0.25) is 9.84 Å². The molecule has 0 spiro atoms. The molecular weight excluding hydrogens is 302 g/mol. The van der Waals surface area contributed by atoms with Gasteiger partial charge in [0.25, 0.3) is 5.91 Å². The van der Waals surface area contributed by atoms with Gasteiger partial charge in [-0.25, -0.2) is 8.42 Å². The van der Waals surface area contributed by atoms with Crippen LogP contribution in [-0.2, 0) is 15.6 Å².